The summed E-state index contributed by atoms with van der Waals surface area (Å²) >= 11 is 0. The average Bonchev–Trinajstić information content (AvgIpc) is 2.59. The minimum absolute atomic E-state index is 0.0965. The number of carbonyl (C=O) groups is 2. The summed E-state index contributed by atoms with van der Waals surface area (Å²) in [6, 6.07) is 5.40. The quantitative estimate of drug-likeness (QED) is 0.840. The molecule has 1 aliphatic carbocycles. The average molecular weight is 314 g/mol. The van der Waals surface area contributed by atoms with Crippen LogP contribution in [0.4, 0.5) is 5.69 Å². The first kappa shape index (κ1) is 15.6. The zero-order valence-electron chi connectivity index (χ0n) is 13.4. The van der Waals surface area contributed by atoms with E-state index in [4.69, 9.17) is 4.74 Å². The topological polar surface area (TPSA) is 67.4 Å². The molecule has 0 saturated heterocycles. The van der Waals surface area contributed by atoms with Gasteiger partial charge in [0.25, 0.3) is 0 Å². The van der Waals surface area contributed by atoms with Crippen LogP contribution in [0.3, 0.4) is 0 Å². The molecule has 0 fully saturated rings. The maximum Gasteiger partial charge on any atom is 0.228 e. The van der Waals surface area contributed by atoms with Crippen LogP contribution in [0.15, 0.2) is 29.8 Å². The minimum atomic E-state index is -0.460. The third-order valence-corrected chi connectivity index (χ3v) is 4.49. The van der Waals surface area contributed by atoms with Gasteiger partial charge in [0.05, 0.1) is 13.0 Å². The van der Waals surface area contributed by atoms with Crippen molar-refractivity contribution in [3.8, 4) is 5.75 Å². The molecule has 5 heteroatoms. The van der Waals surface area contributed by atoms with E-state index in [2.05, 4.69) is 16.7 Å². The molecule has 122 valence electrons. The van der Waals surface area contributed by atoms with Crippen LogP contribution in [0.1, 0.15) is 43.6 Å². The van der Waals surface area contributed by atoms with Gasteiger partial charge >= 0.3 is 0 Å². The summed E-state index contributed by atoms with van der Waals surface area (Å²) in [6.45, 7) is 0.580. The van der Waals surface area contributed by atoms with Crippen molar-refractivity contribution in [2.45, 2.75) is 38.0 Å². The van der Waals surface area contributed by atoms with Crippen LogP contribution >= 0.6 is 0 Å². The number of carbonyl (C=O) groups excluding carboxylic acids is 2. The molecule has 1 aromatic carbocycles. The van der Waals surface area contributed by atoms with Gasteiger partial charge in [0.1, 0.15) is 5.75 Å². The highest BCUT2D eigenvalue weighted by molar-refractivity contribution is 6.01. The van der Waals surface area contributed by atoms with Gasteiger partial charge in [-0.3, -0.25) is 9.59 Å². The maximum absolute atomic E-state index is 12.6. The number of anilines is 1. The van der Waals surface area contributed by atoms with Crippen LogP contribution in [0.5, 0.6) is 5.75 Å². The number of hydrogen-bond acceptors (Lipinski definition) is 3. The monoisotopic (exact) mass is 314 g/mol. The fourth-order valence-corrected chi connectivity index (χ4v) is 3.19. The Balaban J connectivity index is 1.75. The molecule has 1 aromatic rings. The number of methoxy groups -OCH3 is 1. The number of nitrogens with one attached hydrogen (secondary N) is 2. The summed E-state index contributed by atoms with van der Waals surface area (Å²) in [5.41, 5.74) is 2.80. The van der Waals surface area contributed by atoms with E-state index < -0.39 is 5.92 Å². The van der Waals surface area contributed by atoms with Crippen LogP contribution in [0, 0.1) is 0 Å². The molecule has 0 aromatic heterocycles. The Hall–Kier alpha value is -2.30. The Morgan fingerprint density at radius 1 is 1.39 bits per heavy atom. The Bertz CT molecular complexity index is 652. The summed E-state index contributed by atoms with van der Waals surface area (Å²) in [7, 11) is 1.59. The Kier molecular flexibility index (Phi) is 4.65. The van der Waals surface area contributed by atoms with Crippen molar-refractivity contribution in [2.24, 2.45) is 0 Å². The van der Waals surface area contributed by atoms with Gasteiger partial charge in [-0.15, -0.1) is 0 Å². The first-order valence-corrected chi connectivity index (χ1v) is 8.11. The highest BCUT2D eigenvalue weighted by atomic mass is 16.5. The number of fused-ring (bicyclic) bond motifs is 1. The molecule has 1 heterocycles. The molecule has 3 rings (SSSR count). The highest BCUT2D eigenvalue weighted by Crippen LogP contribution is 2.35. The maximum atomic E-state index is 12.6. The van der Waals surface area contributed by atoms with E-state index in [1.165, 1.54) is 18.4 Å². The van der Waals surface area contributed by atoms with Crippen molar-refractivity contribution in [2.75, 3.05) is 19.0 Å². The minimum Gasteiger partial charge on any atom is -0.497 e. The van der Waals surface area contributed by atoms with E-state index in [1.54, 1.807) is 19.2 Å². The molecule has 2 amide bonds. The first-order valence-electron chi connectivity index (χ1n) is 8.11. The summed E-state index contributed by atoms with van der Waals surface area (Å²) in [6.07, 6.45) is 6.95. The van der Waals surface area contributed by atoms with E-state index in [-0.39, 0.29) is 18.2 Å². The third-order valence-electron chi connectivity index (χ3n) is 4.49. The van der Waals surface area contributed by atoms with E-state index in [1.807, 2.05) is 6.07 Å². The smallest absolute Gasteiger partial charge is 0.228 e. The second-order valence-electron chi connectivity index (χ2n) is 6.08. The first-order chi connectivity index (χ1) is 11.2. The lowest BCUT2D eigenvalue weighted by Crippen LogP contribution is -2.36. The summed E-state index contributed by atoms with van der Waals surface area (Å²) in [5.74, 6) is 0.00579. The molecule has 0 bridgehead atoms. The number of hydrogen-bond donors (Lipinski definition) is 2. The van der Waals surface area contributed by atoms with Gasteiger partial charge in [0.2, 0.25) is 11.8 Å². The lowest BCUT2D eigenvalue weighted by atomic mass is 9.89. The van der Waals surface area contributed by atoms with Crippen LogP contribution in [0.25, 0.3) is 0 Å². The van der Waals surface area contributed by atoms with E-state index >= 15 is 0 Å². The van der Waals surface area contributed by atoms with Crippen LogP contribution in [-0.4, -0.2) is 25.5 Å². The number of amides is 2. The molecule has 23 heavy (non-hydrogen) atoms. The number of benzene rings is 1. The van der Waals surface area contributed by atoms with E-state index in [9.17, 15) is 9.59 Å². The summed E-state index contributed by atoms with van der Waals surface area (Å²) in [4.78, 5) is 24.5. The van der Waals surface area contributed by atoms with Gasteiger partial charge in [-0.1, -0.05) is 11.6 Å². The summed E-state index contributed by atoms with van der Waals surface area (Å²) in [5, 5.41) is 5.81. The van der Waals surface area contributed by atoms with Gasteiger partial charge in [-0.2, -0.15) is 0 Å². The fraction of sp³-hybridized carbons (Fsp3) is 0.444. The molecule has 5 nitrogen and oxygen atoms in total. The lowest BCUT2D eigenvalue weighted by molar-refractivity contribution is -0.126. The molecule has 1 atom stereocenters. The van der Waals surface area contributed by atoms with Gasteiger partial charge < -0.3 is 15.4 Å². The molecule has 0 spiro atoms. The van der Waals surface area contributed by atoms with Gasteiger partial charge in [-0.05, 0) is 49.4 Å². The van der Waals surface area contributed by atoms with Gasteiger partial charge in [0.15, 0.2) is 0 Å². The second kappa shape index (κ2) is 6.86. The molecule has 2 N–H and O–H groups in total. The van der Waals surface area contributed by atoms with Crippen molar-refractivity contribution in [1.29, 1.82) is 0 Å². The SMILES string of the molecule is COc1ccc2c(c1)[C@H](C(=O)NCC1=CCCCC1)CC(=O)N2. The molecule has 0 saturated carbocycles. The van der Waals surface area contributed by atoms with E-state index in [0.717, 1.165) is 18.4 Å². The van der Waals surface area contributed by atoms with Crippen molar-refractivity contribution in [3.63, 3.8) is 0 Å². The number of rotatable bonds is 4. The van der Waals surface area contributed by atoms with Crippen LogP contribution in [0.2, 0.25) is 0 Å². The lowest BCUT2D eigenvalue weighted by Gasteiger charge is -2.25. The Morgan fingerprint density at radius 2 is 2.26 bits per heavy atom. The molecular weight excluding hydrogens is 292 g/mol. The highest BCUT2D eigenvalue weighted by Gasteiger charge is 2.31. The van der Waals surface area contributed by atoms with Crippen molar-refractivity contribution in [1.82, 2.24) is 5.32 Å². The van der Waals surface area contributed by atoms with Crippen LogP contribution in [-0.2, 0) is 9.59 Å². The van der Waals surface area contributed by atoms with Crippen molar-refractivity contribution < 1.29 is 14.3 Å². The second-order valence-corrected chi connectivity index (χ2v) is 6.08. The standard InChI is InChI=1S/C18H22N2O3/c1-23-13-7-8-16-14(9-13)15(10-17(21)20-16)18(22)19-11-12-5-3-2-4-6-12/h5,7-9,15H,2-4,6,10-11H2,1H3,(H,19,22)(H,20,21)/t15-/m1/s1. The molecule has 0 radical (unpaired) electrons. The molecular formula is C18H22N2O3. The normalized spacial score (nSPS) is 20.1. The summed E-state index contributed by atoms with van der Waals surface area (Å²) < 4.78 is 5.24. The van der Waals surface area contributed by atoms with Gasteiger partial charge in [0, 0.05) is 18.7 Å². The van der Waals surface area contributed by atoms with Crippen LogP contribution < -0.4 is 15.4 Å². The molecule has 1 aliphatic heterocycles. The zero-order chi connectivity index (χ0) is 16.2. The largest absolute Gasteiger partial charge is 0.497 e. The van der Waals surface area contributed by atoms with E-state index in [0.29, 0.717) is 18.0 Å². The van der Waals surface area contributed by atoms with Crippen molar-refractivity contribution >= 4 is 17.5 Å². The van der Waals surface area contributed by atoms with Crippen molar-refractivity contribution in [3.05, 3.63) is 35.4 Å². The Labute approximate surface area is 136 Å². The van der Waals surface area contributed by atoms with Gasteiger partial charge in [-0.25, -0.2) is 0 Å². The number of ether oxygens (including phenoxy) is 1. The Morgan fingerprint density at radius 3 is 3.00 bits per heavy atom. The molecule has 2 aliphatic rings. The molecule has 0 unspecified atom stereocenters. The third kappa shape index (κ3) is 3.55. The predicted octanol–water partition coefficient (Wildman–Crippen LogP) is 2.74. The fourth-order valence-electron chi connectivity index (χ4n) is 3.19. The number of allylic oxidation sites excluding steroid dienone is 1. The predicted molar refractivity (Wildman–Crippen MR) is 88.5 cm³/mol. The zero-order valence-corrected chi connectivity index (χ0v) is 13.4.